The predicted octanol–water partition coefficient (Wildman–Crippen LogP) is 1.17. The van der Waals surface area contributed by atoms with Gasteiger partial charge in [-0.2, -0.15) is 0 Å². The van der Waals surface area contributed by atoms with Crippen molar-refractivity contribution in [1.82, 2.24) is 0 Å². The molecule has 1 aromatic rings. The Labute approximate surface area is 98.8 Å². The number of anilines is 1. The number of benzene rings is 1. The lowest BCUT2D eigenvalue weighted by atomic mass is 10.2. The van der Waals surface area contributed by atoms with Gasteiger partial charge in [-0.1, -0.05) is 0 Å². The number of rotatable bonds is 1. The van der Waals surface area contributed by atoms with Crippen LogP contribution in [0.5, 0.6) is 0 Å². The van der Waals surface area contributed by atoms with Gasteiger partial charge in [-0.25, -0.2) is 4.21 Å². The Hall–Kier alpha value is -0.980. The molecular formula is C10H11NO3S2. The quantitative estimate of drug-likeness (QED) is 0.820. The molecule has 0 saturated heterocycles. The van der Waals surface area contributed by atoms with Gasteiger partial charge in [0.05, 0.1) is 4.90 Å². The smallest absolute Gasteiger partial charge is 0.223 e. The molecule has 1 unspecified atom stereocenters. The lowest BCUT2D eigenvalue weighted by Crippen LogP contribution is -2.25. The number of nitrogens with zero attached hydrogens (tertiary/aromatic N) is 1. The van der Waals surface area contributed by atoms with Gasteiger partial charge in [0.15, 0.2) is 8.77 Å². The fourth-order valence-corrected chi connectivity index (χ4v) is 2.71. The first kappa shape index (κ1) is 11.5. The third-order valence-electron chi connectivity index (χ3n) is 2.62. The molecule has 86 valence electrons. The van der Waals surface area contributed by atoms with Crippen molar-refractivity contribution in [3.05, 3.63) is 23.8 Å². The third kappa shape index (κ3) is 1.95. The highest BCUT2D eigenvalue weighted by Crippen LogP contribution is 2.30. The number of carbonyl (C=O) groups excluding carboxylic acids is 1. The molecular weight excluding hydrogens is 246 g/mol. The van der Waals surface area contributed by atoms with Crippen LogP contribution in [-0.4, -0.2) is 21.2 Å². The molecule has 0 aromatic heterocycles. The molecule has 1 N–H and O–H groups in total. The van der Waals surface area contributed by atoms with Crippen LogP contribution in [0.15, 0.2) is 23.1 Å². The van der Waals surface area contributed by atoms with E-state index in [0.717, 1.165) is 11.3 Å². The van der Waals surface area contributed by atoms with Gasteiger partial charge in [-0.05, 0) is 30.2 Å². The van der Waals surface area contributed by atoms with Crippen LogP contribution in [0.3, 0.4) is 0 Å². The molecule has 0 bridgehead atoms. The molecule has 0 radical (unpaired) electrons. The maximum absolute atomic E-state index is 11.3. The first-order valence-electron chi connectivity index (χ1n) is 4.78. The van der Waals surface area contributed by atoms with Crippen LogP contribution in [0.4, 0.5) is 5.69 Å². The molecule has 1 aromatic carbocycles. The number of hydrogen-bond acceptors (Lipinski definition) is 3. The summed E-state index contributed by atoms with van der Waals surface area (Å²) in [6.45, 7) is 2.13. The molecule has 1 heterocycles. The second-order valence-electron chi connectivity index (χ2n) is 3.69. The zero-order chi connectivity index (χ0) is 11.9. The van der Waals surface area contributed by atoms with Gasteiger partial charge in [-0.3, -0.25) is 4.79 Å². The Morgan fingerprint density at radius 1 is 1.56 bits per heavy atom. The van der Waals surface area contributed by atoms with Crippen molar-refractivity contribution >= 4 is 31.6 Å². The molecule has 6 heteroatoms. The van der Waals surface area contributed by atoms with Crippen molar-refractivity contribution in [2.75, 3.05) is 11.4 Å². The highest BCUT2D eigenvalue weighted by Gasteiger charge is 2.23. The standard InChI is InChI=1S/C10H11NO3S2/c1-7(12)11-5-4-8-6-9(16(13,14)15)2-3-10(8)11/h2-3,6H,4-5H2,1H3,(H,13,14,15). The van der Waals surface area contributed by atoms with Crippen LogP contribution in [0.2, 0.25) is 0 Å². The second kappa shape index (κ2) is 3.80. The second-order valence-corrected chi connectivity index (χ2v) is 6.46. The summed E-state index contributed by atoms with van der Waals surface area (Å²) in [5.41, 5.74) is 1.72. The molecule has 1 aliphatic heterocycles. The molecule has 0 fully saturated rings. The van der Waals surface area contributed by atoms with Gasteiger partial charge < -0.3 is 9.45 Å². The maximum Gasteiger partial charge on any atom is 0.223 e. The summed E-state index contributed by atoms with van der Waals surface area (Å²) in [6, 6.07) is 4.81. The number of carbonyl (C=O) groups is 1. The normalized spacial score (nSPS) is 18.0. The van der Waals surface area contributed by atoms with E-state index in [4.69, 9.17) is 0 Å². The van der Waals surface area contributed by atoms with Gasteiger partial charge in [0.25, 0.3) is 0 Å². The Balaban J connectivity index is 2.48. The fraction of sp³-hybridized carbons (Fsp3) is 0.300. The largest absolute Gasteiger partial charge is 0.312 e. The minimum atomic E-state index is -3.33. The van der Waals surface area contributed by atoms with Crippen molar-refractivity contribution < 1.29 is 13.6 Å². The fourth-order valence-electron chi connectivity index (χ4n) is 1.87. The van der Waals surface area contributed by atoms with Crippen LogP contribution in [0, 0.1) is 0 Å². The average Bonchev–Trinajstić information content (AvgIpc) is 2.58. The minimum absolute atomic E-state index is 0.0189. The highest BCUT2D eigenvalue weighted by atomic mass is 32.8. The number of hydrogen-bond donors (Lipinski definition) is 1. The summed E-state index contributed by atoms with van der Waals surface area (Å²) >= 11 is 4.51. The summed E-state index contributed by atoms with van der Waals surface area (Å²) in [7, 11) is -3.33. The Kier molecular flexibility index (Phi) is 2.73. The highest BCUT2D eigenvalue weighted by molar-refractivity contribution is 8.29. The van der Waals surface area contributed by atoms with E-state index in [1.54, 1.807) is 17.0 Å². The molecule has 1 atom stereocenters. The Morgan fingerprint density at radius 3 is 2.81 bits per heavy atom. The van der Waals surface area contributed by atoms with Crippen molar-refractivity contribution in [3.8, 4) is 0 Å². The summed E-state index contributed by atoms with van der Waals surface area (Å²) in [6.07, 6.45) is 0.702. The van der Waals surface area contributed by atoms with E-state index in [-0.39, 0.29) is 10.8 Å². The van der Waals surface area contributed by atoms with E-state index >= 15 is 0 Å². The first-order valence-corrected chi connectivity index (χ1v) is 7.22. The molecule has 16 heavy (non-hydrogen) atoms. The van der Waals surface area contributed by atoms with Crippen LogP contribution in [0.1, 0.15) is 12.5 Å². The molecule has 1 amide bonds. The third-order valence-corrected chi connectivity index (χ3v) is 4.05. The van der Waals surface area contributed by atoms with Gasteiger partial charge in [0, 0.05) is 30.3 Å². The van der Waals surface area contributed by atoms with Gasteiger partial charge >= 0.3 is 0 Å². The lowest BCUT2D eigenvalue weighted by molar-refractivity contribution is -0.116. The SMILES string of the molecule is CC(=O)N1CCc2cc(S(=O)(O)=S)ccc21. The molecule has 2 rings (SSSR count). The molecule has 0 aliphatic carbocycles. The van der Waals surface area contributed by atoms with E-state index in [1.807, 2.05) is 0 Å². The zero-order valence-electron chi connectivity index (χ0n) is 8.67. The Morgan fingerprint density at radius 2 is 2.25 bits per heavy atom. The van der Waals surface area contributed by atoms with Crippen LogP contribution < -0.4 is 4.90 Å². The molecule has 1 aliphatic rings. The number of amides is 1. The van der Waals surface area contributed by atoms with Crippen molar-refractivity contribution in [2.45, 2.75) is 18.2 Å². The number of fused-ring (bicyclic) bond motifs is 1. The molecule has 4 nitrogen and oxygen atoms in total. The van der Waals surface area contributed by atoms with Gasteiger partial charge in [0.2, 0.25) is 5.91 Å². The Bertz CT molecular complexity index is 551. The molecule has 0 spiro atoms. The van der Waals surface area contributed by atoms with Crippen molar-refractivity contribution in [2.24, 2.45) is 0 Å². The van der Waals surface area contributed by atoms with Crippen LogP contribution in [0.25, 0.3) is 0 Å². The summed E-state index contributed by atoms with van der Waals surface area (Å²) in [5.74, 6) is -0.0189. The van der Waals surface area contributed by atoms with Crippen molar-refractivity contribution in [1.29, 1.82) is 0 Å². The molecule has 0 saturated carbocycles. The first-order chi connectivity index (χ1) is 7.39. The summed E-state index contributed by atoms with van der Waals surface area (Å²) in [4.78, 5) is 13.2. The van der Waals surface area contributed by atoms with Gasteiger partial charge in [-0.15, -0.1) is 0 Å². The van der Waals surface area contributed by atoms with E-state index in [2.05, 4.69) is 11.2 Å². The zero-order valence-corrected chi connectivity index (χ0v) is 10.3. The van der Waals surface area contributed by atoms with E-state index in [0.29, 0.717) is 13.0 Å². The van der Waals surface area contributed by atoms with E-state index in [9.17, 15) is 13.6 Å². The van der Waals surface area contributed by atoms with E-state index < -0.39 is 8.77 Å². The topological polar surface area (TPSA) is 57.6 Å². The van der Waals surface area contributed by atoms with E-state index in [1.165, 1.54) is 13.0 Å². The van der Waals surface area contributed by atoms with Crippen LogP contribution in [-0.2, 0) is 31.2 Å². The predicted molar refractivity (Wildman–Crippen MR) is 64.6 cm³/mol. The maximum atomic E-state index is 11.3. The minimum Gasteiger partial charge on any atom is -0.312 e. The monoisotopic (exact) mass is 257 g/mol. The summed E-state index contributed by atoms with van der Waals surface area (Å²) < 4.78 is 20.6. The van der Waals surface area contributed by atoms with Crippen LogP contribution >= 0.6 is 0 Å². The lowest BCUT2D eigenvalue weighted by Gasteiger charge is -2.14. The van der Waals surface area contributed by atoms with Crippen molar-refractivity contribution in [3.63, 3.8) is 0 Å². The average molecular weight is 257 g/mol. The summed E-state index contributed by atoms with van der Waals surface area (Å²) in [5, 5.41) is 0. The van der Waals surface area contributed by atoms with Gasteiger partial charge in [0.1, 0.15) is 0 Å².